The Bertz CT molecular complexity index is 588. The van der Waals surface area contributed by atoms with E-state index in [1.165, 1.54) is 0 Å². The third kappa shape index (κ3) is 3.25. The van der Waals surface area contributed by atoms with Crippen LogP contribution in [0.4, 0.5) is 0 Å². The maximum Gasteiger partial charge on any atom is 0.219 e. The van der Waals surface area contributed by atoms with Crippen molar-refractivity contribution < 1.29 is 4.79 Å². The molecule has 20 heavy (non-hydrogen) atoms. The Morgan fingerprint density at radius 1 is 1.50 bits per heavy atom. The minimum Gasteiger partial charge on any atom is -0.340 e. The van der Waals surface area contributed by atoms with Gasteiger partial charge in [-0.1, -0.05) is 0 Å². The lowest BCUT2D eigenvalue weighted by atomic mass is 10.3. The third-order valence-electron chi connectivity index (χ3n) is 3.23. The lowest BCUT2D eigenvalue weighted by Gasteiger charge is -2.24. The van der Waals surface area contributed by atoms with E-state index in [-0.39, 0.29) is 11.9 Å². The number of nitrogens with zero attached hydrogens (tertiary/aromatic N) is 4. The first kappa shape index (κ1) is 14.7. The number of aryl methyl sites for hydroxylation is 1. The van der Waals surface area contributed by atoms with Gasteiger partial charge in [0.05, 0.1) is 16.4 Å². The van der Waals surface area contributed by atoms with Crippen LogP contribution in [0.5, 0.6) is 0 Å². The number of amides is 1. The third-order valence-corrected chi connectivity index (χ3v) is 4.14. The summed E-state index contributed by atoms with van der Waals surface area (Å²) in [6, 6.07) is 2.18. The number of rotatable bonds is 5. The highest BCUT2D eigenvalue weighted by Gasteiger charge is 2.14. The van der Waals surface area contributed by atoms with Gasteiger partial charge in [0, 0.05) is 44.6 Å². The molecule has 0 aliphatic heterocycles. The summed E-state index contributed by atoms with van der Waals surface area (Å²) in [5.41, 5.74) is 1.96. The van der Waals surface area contributed by atoms with E-state index in [1.807, 2.05) is 41.9 Å². The van der Waals surface area contributed by atoms with Crippen LogP contribution in [-0.2, 0) is 18.3 Å². The van der Waals surface area contributed by atoms with E-state index in [0.717, 1.165) is 22.8 Å². The van der Waals surface area contributed by atoms with E-state index < -0.39 is 0 Å². The Labute approximate surface area is 123 Å². The second-order valence-corrected chi connectivity index (χ2v) is 5.97. The standard InChI is InChI=1S/C14H20N4OS/c1-10(2)18(11(3)19)8-6-14-16-12(9-20-14)13-5-7-15-17(13)4/h5,7,9-10H,6,8H2,1-4H3. The molecule has 108 valence electrons. The van der Waals surface area contributed by atoms with Crippen LogP contribution in [0.3, 0.4) is 0 Å². The second-order valence-electron chi connectivity index (χ2n) is 5.02. The number of thiazole rings is 1. The van der Waals surface area contributed by atoms with Gasteiger partial charge in [0.15, 0.2) is 0 Å². The van der Waals surface area contributed by atoms with E-state index >= 15 is 0 Å². The molecule has 2 aromatic rings. The van der Waals surface area contributed by atoms with Gasteiger partial charge in [0.1, 0.15) is 0 Å². The van der Waals surface area contributed by atoms with E-state index in [2.05, 4.69) is 10.1 Å². The molecule has 0 unspecified atom stereocenters. The molecule has 2 aromatic heterocycles. The van der Waals surface area contributed by atoms with Gasteiger partial charge in [-0.3, -0.25) is 9.48 Å². The molecule has 0 aliphatic carbocycles. The molecular weight excluding hydrogens is 272 g/mol. The Kier molecular flexibility index (Phi) is 4.54. The van der Waals surface area contributed by atoms with Gasteiger partial charge in [-0.05, 0) is 19.9 Å². The van der Waals surface area contributed by atoms with E-state index in [0.29, 0.717) is 6.54 Å². The summed E-state index contributed by atoms with van der Waals surface area (Å²) >= 11 is 1.63. The molecule has 5 nitrogen and oxygen atoms in total. The predicted octanol–water partition coefficient (Wildman–Crippen LogP) is 2.34. The number of hydrogen-bond donors (Lipinski definition) is 0. The zero-order valence-electron chi connectivity index (χ0n) is 12.3. The average molecular weight is 292 g/mol. The summed E-state index contributed by atoms with van der Waals surface area (Å²) in [6.45, 7) is 6.39. The van der Waals surface area contributed by atoms with Gasteiger partial charge in [-0.15, -0.1) is 11.3 Å². The molecule has 0 radical (unpaired) electrons. The lowest BCUT2D eigenvalue weighted by Crippen LogP contribution is -2.36. The number of carbonyl (C=O) groups excluding carboxylic acids is 1. The second kappa shape index (κ2) is 6.17. The minimum absolute atomic E-state index is 0.114. The Morgan fingerprint density at radius 3 is 2.80 bits per heavy atom. The SMILES string of the molecule is CC(=O)N(CCc1nc(-c2ccnn2C)cs1)C(C)C. The van der Waals surface area contributed by atoms with E-state index in [9.17, 15) is 4.79 Å². The van der Waals surface area contributed by atoms with Crippen molar-refractivity contribution in [2.75, 3.05) is 6.54 Å². The molecule has 0 saturated heterocycles. The van der Waals surface area contributed by atoms with Gasteiger partial charge in [-0.2, -0.15) is 5.10 Å². The summed E-state index contributed by atoms with van der Waals surface area (Å²) in [6.07, 6.45) is 2.56. The van der Waals surface area contributed by atoms with Gasteiger partial charge in [0.25, 0.3) is 0 Å². The summed E-state index contributed by atoms with van der Waals surface area (Å²) in [5, 5.41) is 7.24. The highest BCUT2D eigenvalue weighted by molar-refractivity contribution is 7.09. The molecule has 6 heteroatoms. The molecule has 0 spiro atoms. The summed E-state index contributed by atoms with van der Waals surface area (Å²) in [4.78, 5) is 18.0. The normalized spacial score (nSPS) is 11.1. The molecule has 2 heterocycles. The molecular formula is C14H20N4OS. The Hall–Kier alpha value is -1.69. The zero-order valence-corrected chi connectivity index (χ0v) is 13.1. The van der Waals surface area contributed by atoms with Crippen LogP contribution in [-0.4, -0.2) is 38.2 Å². The fourth-order valence-corrected chi connectivity index (χ4v) is 2.95. The van der Waals surface area contributed by atoms with Crippen molar-refractivity contribution in [2.24, 2.45) is 7.05 Å². The number of carbonyl (C=O) groups is 1. The van der Waals surface area contributed by atoms with Crippen molar-refractivity contribution in [3.63, 3.8) is 0 Å². The fraction of sp³-hybridized carbons (Fsp3) is 0.500. The molecule has 0 N–H and O–H groups in total. The van der Waals surface area contributed by atoms with Crippen LogP contribution in [0, 0.1) is 0 Å². The van der Waals surface area contributed by atoms with Crippen molar-refractivity contribution in [3.8, 4) is 11.4 Å². The summed E-state index contributed by atoms with van der Waals surface area (Å²) < 4.78 is 1.81. The van der Waals surface area contributed by atoms with Crippen molar-refractivity contribution >= 4 is 17.2 Å². The molecule has 1 amide bonds. The molecule has 0 bridgehead atoms. The monoisotopic (exact) mass is 292 g/mol. The van der Waals surface area contributed by atoms with Crippen LogP contribution in [0.25, 0.3) is 11.4 Å². The summed E-state index contributed by atoms with van der Waals surface area (Å²) in [7, 11) is 1.91. The van der Waals surface area contributed by atoms with Gasteiger partial charge >= 0.3 is 0 Å². The zero-order chi connectivity index (χ0) is 14.7. The van der Waals surface area contributed by atoms with Gasteiger partial charge in [0.2, 0.25) is 5.91 Å². The first-order valence-corrected chi connectivity index (χ1v) is 7.57. The Morgan fingerprint density at radius 2 is 2.25 bits per heavy atom. The highest BCUT2D eigenvalue weighted by atomic mass is 32.1. The maximum atomic E-state index is 11.5. The number of hydrogen-bond acceptors (Lipinski definition) is 4. The maximum absolute atomic E-state index is 11.5. The predicted molar refractivity (Wildman–Crippen MR) is 80.5 cm³/mol. The minimum atomic E-state index is 0.114. The molecule has 0 atom stereocenters. The smallest absolute Gasteiger partial charge is 0.219 e. The van der Waals surface area contributed by atoms with Crippen LogP contribution < -0.4 is 0 Å². The van der Waals surface area contributed by atoms with Crippen LogP contribution >= 0.6 is 11.3 Å². The molecule has 0 aliphatic rings. The van der Waals surface area contributed by atoms with E-state index in [1.54, 1.807) is 24.5 Å². The van der Waals surface area contributed by atoms with Crippen LogP contribution in [0.1, 0.15) is 25.8 Å². The van der Waals surface area contributed by atoms with Gasteiger partial charge < -0.3 is 4.90 Å². The quantitative estimate of drug-likeness (QED) is 0.850. The van der Waals surface area contributed by atoms with Crippen molar-refractivity contribution in [1.82, 2.24) is 19.7 Å². The van der Waals surface area contributed by atoms with Crippen molar-refractivity contribution in [1.29, 1.82) is 0 Å². The molecule has 0 fully saturated rings. The fourth-order valence-electron chi connectivity index (χ4n) is 2.16. The highest BCUT2D eigenvalue weighted by Crippen LogP contribution is 2.21. The lowest BCUT2D eigenvalue weighted by molar-refractivity contribution is -0.130. The Balaban J connectivity index is 2.03. The molecule has 0 aromatic carbocycles. The molecule has 0 saturated carbocycles. The largest absolute Gasteiger partial charge is 0.340 e. The number of aromatic nitrogens is 3. The average Bonchev–Trinajstić information content (AvgIpc) is 2.97. The first-order valence-electron chi connectivity index (χ1n) is 6.69. The topological polar surface area (TPSA) is 51.0 Å². The van der Waals surface area contributed by atoms with Gasteiger partial charge in [-0.25, -0.2) is 4.98 Å². The van der Waals surface area contributed by atoms with Crippen LogP contribution in [0.2, 0.25) is 0 Å². The molecule has 2 rings (SSSR count). The summed E-state index contributed by atoms with van der Waals surface area (Å²) in [5.74, 6) is 0.114. The first-order chi connectivity index (χ1) is 9.49. The van der Waals surface area contributed by atoms with Crippen LogP contribution in [0.15, 0.2) is 17.6 Å². The van der Waals surface area contributed by atoms with Crippen molar-refractivity contribution in [3.05, 3.63) is 22.7 Å². The van der Waals surface area contributed by atoms with E-state index in [4.69, 9.17) is 0 Å². The van der Waals surface area contributed by atoms with Crippen molar-refractivity contribution in [2.45, 2.75) is 33.2 Å².